The molecule has 1 amide bonds. The molecule has 0 aliphatic heterocycles. The van der Waals surface area contributed by atoms with E-state index in [1.165, 1.54) is 5.56 Å². The number of nitrogens with one attached hydrogen (secondary N) is 1. The van der Waals surface area contributed by atoms with Crippen LogP contribution < -0.4 is 5.32 Å². The van der Waals surface area contributed by atoms with E-state index in [9.17, 15) is 4.79 Å². The van der Waals surface area contributed by atoms with Crippen molar-refractivity contribution in [1.29, 1.82) is 0 Å². The Morgan fingerprint density at radius 1 is 1.28 bits per heavy atom. The first-order chi connectivity index (χ1) is 12.0. The highest BCUT2D eigenvalue weighted by molar-refractivity contribution is 6.31. The predicted molar refractivity (Wildman–Crippen MR) is 100 cm³/mol. The van der Waals surface area contributed by atoms with E-state index in [4.69, 9.17) is 16.6 Å². The van der Waals surface area contributed by atoms with E-state index in [1.807, 2.05) is 25.1 Å². The van der Waals surface area contributed by atoms with Gasteiger partial charge in [0.05, 0.1) is 5.69 Å². The number of hydrogen-bond acceptors (Lipinski definition) is 2. The molecule has 1 atom stereocenters. The molecule has 0 saturated carbocycles. The van der Waals surface area contributed by atoms with Gasteiger partial charge in [-0.3, -0.25) is 4.79 Å². The van der Waals surface area contributed by atoms with Crippen molar-refractivity contribution in [3.8, 4) is 0 Å². The Kier molecular flexibility index (Phi) is 4.00. The minimum absolute atomic E-state index is 0.0497. The number of pyridine rings is 1. The second-order valence-electron chi connectivity index (χ2n) is 6.83. The molecule has 1 aliphatic rings. The van der Waals surface area contributed by atoms with Gasteiger partial charge in [-0.1, -0.05) is 23.7 Å². The molecule has 25 heavy (non-hydrogen) atoms. The number of hydrogen-bond donors (Lipinski definition) is 1. The van der Waals surface area contributed by atoms with Gasteiger partial charge >= 0.3 is 0 Å². The Morgan fingerprint density at radius 2 is 2.12 bits per heavy atom. The van der Waals surface area contributed by atoms with Crippen LogP contribution >= 0.6 is 11.6 Å². The second kappa shape index (κ2) is 6.19. The fourth-order valence-electron chi connectivity index (χ4n) is 3.50. The number of rotatable bonds is 2. The number of anilines is 1. The third-order valence-corrected chi connectivity index (χ3v) is 5.18. The lowest BCUT2D eigenvalue weighted by Gasteiger charge is -2.22. The molecular formula is C20H20ClN3O. The maximum Gasteiger partial charge on any atom is 0.227 e. The van der Waals surface area contributed by atoms with Crippen molar-refractivity contribution in [2.24, 2.45) is 5.92 Å². The zero-order valence-electron chi connectivity index (χ0n) is 14.3. The standard InChI is InChI=1S/C20H20ClN3O/c1-12-3-8-19-22-16-7-5-14(9-18(16)24(19)11-12)20(25)23-17-10-15(21)6-4-13(17)2/h3-4,6,8,10-11,14H,5,7,9H2,1-2H3,(H,23,25). The van der Waals surface area contributed by atoms with Gasteiger partial charge in [-0.05, 0) is 56.0 Å². The van der Waals surface area contributed by atoms with Gasteiger partial charge in [0.1, 0.15) is 5.65 Å². The van der Waals surface area contributed by atoms with Crippen LogP contribution in [0.15, 0.2) is 36.5 Å². The molecule has 0 fully saturated rings. The van der Waals surface area contributed by atoms with E-state index in [0.29, 0.717) is 11.4 Å². The van der Waals surface area contributed by atoms with Crippen LogP contribution in [0.1, 0.15) is 28.9 Å². The highest BCUT2D eigenvalue weighted by Crippen LogP contribution is 2.28. The molecule has 2 aromatic heterocycles. The maximum atomic E-state index is 12.8. The van der Waals surface area contributed by atoms with Gasteiger partial charge in [0.15, 0.2) is 0 Å². The Morgan fingerprint density at radius 3 is 2.96 bits per heavy atom. The number of halogens is 1. The Hall–Kier alpha value is -2.33. The monoisotopic (exact) mass is 353 g/mol. The van der Waals surface area contributed by atoms with Gasteiger partial charge in [-0.2, -0.15) is 0 Å². The molecule has 0 bridgehead atoms. The van der Waals surface area contributed by atoms with Crippen LogP contribution in [-0.4, -0.2) is 15.3 Å². The Labute approximate surface area is 151 Å². The molecule has 2 heterocycles. The Bertz CT molecular complexity index is 976. The van der Waals surface area contributed by atoms with Crippen molar-refractivity contribution in [3.05, 3.63) is 64.1 Å². The van der Waals surface area contributed by atoms with Crippen molar-refractivity contribution in [3.63, 3.8) is 0 Å². The first-order valence-corrected chi connectivity index (χ1v) is 8.92. The van der Waals surface area contributed by atoms with Crippen molar-refractivity contribution >= 4 is 28.8 Å². The third kappa shape index (κ3) is 3.02. The van der Waals surface area contributed by atoms with E-state index < -0.39 is 0 Å². The zero-order valence-corrected chi connectivity index (χ0v) is 15.1. The van der Waals surface area contributed by atoms with E-state index in [-0.39, 0.29) is 11.8 Å². The fourth-order valence-corrected chi connectivity index (χ4v) is 3.67. The van der Waals surface area contributed by atoms with Gasteiger partial charge in [0.2, 0.25) is 5.91 Å². The molecule has 1 unspecified atom stereocenters. The SMILES string of the molecule is Cc1ccc2nc3c(n2c1)CC(C(=O)Nc1cc(Cl)ccc1C)CC3. The van der Waals surface area contributed by atoms with E-state index in [1.54, 1.807) is 6.07 Å². The van der Waals surface area contributed by atoms with Crippen LogP contribution in [-0.2, 0) is 17.6 Å². The molecule has 0 spiro atoms. The van der Waals surface area contributed by atoms with Gasteiger partial charge in [0.25, 0.3) is 0 Å². The lowest BCUT2D eigenvalue weighted by atomic mass is 9.89. The van der Waals surface area contributed by atoms with E-state index in [0.717, 1.165) is 41.1 Å². The summed E-state index contributed by atoms with van der Waals surface area (Å²) in [6.45, 7) is 4.04. The lowest BCUT2D eigenvalue weighted by Crippen LogP contribution is -2.28. The summed E-state index contributed by atoms with van der Waals surface area (Å²) in [5.41, 5.74) is 6.23. The molecule has 4 nitrogen and oxygen atoms in total. The normalized spacial score (nSPS) is 16.7. The summed E-state index contributed by atoms with van der Waals surface area (Å²) >= 11 is 6.06. The first kappa shape index (κ1) is 16.2. The van der Waals surface area contributed by atoms with Gasteiger partial charge < -0.3 is 9.72 Å². The number of amides is 1. The third-order valence-electron chi connectivity index (χ3n) is 4.95. The zero-order chi connectivity index (χ0) is 17.6. The number of nitrogens with zero attached hydrogens (tertiary/aromatic N) is 2. The van der Waals surface area contributed by atoms with Gasteiger partial charge in [-0.15, -0.1) is 0 Å². The summed E-state index contributed by atoms with van der Waals surface area (Å²) in [7, 11) is 0. The van der Waals surface area contributed by atoms with Crippen molar-refractivity contribution in [1.82, 2.24) is 9.38 Å². The molecule has 1 aliphatic carbocycles. The maximum absolute atomic E-state index is 12.8. The second-order valence-corrected chi connectivity index (χ2v) is 7.26. The highest BCUT2D eigenvalue weighted by atomic mass is 35.5. The summed E-state index contributed by atoms with van der Waals surface area (Å²) in [6.07, 6.45) is 4.47. The molecule has 1 aromatic carbocycles. The largest absolute Gasteiger partial charge is 0.326 e. The average Bonchev–Trinajstić information content (AvgIpc) is 2.95. The van der Waals surface area contributed by atoms with Crippen LogP contribution in [0.5, 0.6) is 0 Å². The smallest absolute Gasteiger partial charge is 0.227 e. The summed E-state index contributed by atoms with van der Waals surface area (Å²) < 4.78 is 2.13. The van der Waals surface area contributed by atoms with Gasteiger partial charge in [0, 0.05) is 34.9 Å². The summed E-state index contributed by atoms with van der Waals surface area (Å²) in [4.78, 5) is 17.5. The lowest BCUT2D eigenvalue weighted by molar-refractivity contribution is -0.120. The van der Waals surface area contributed by atoms with Crippen LogP contribution in [0.3, 0.4) is 0 Å². The number of aromatic nitrogens is 2. The summed E-state index contributed by atoms with van der Waals surface area (Å²) in [6, 6.07) is 9.67. The predicted octanol–water partition coefficient (Wildman–Crippen LogP) is 4.35. The minimum atomic E-state index is -0.0497. The van der Waals surface area contributed by atoms with Crippen LogP contribution in [0.4, 0.5) is 5.69 Å². The van der Waals surface area contributed by atoms with Gasteiger partial charge in [-0.25, -0.2) is 4.98 Å². The molecule has 5 heteroatoms. The number of benzene rings is 1. The minimum Gasteiger partial charge on any atom is -0.326 e. The molecule has 128 valence electrons. The number of fused-ring (bicyclic) bond motifs is 3. The quantitative estimate of drug-likeness (QED) is 0.744. The van der Waals surface area contributed by atoms with Crippen LogP contribution in [0, 0.1) is 19.8 Å². The molecule has 0 saturated heterocycles. The van der Waals surface area contributed by atoms with Crippen LogP contribution in [0.2, 0.25) is 5.02 Å². The molecule has 1 N–H and O–H groups in total. The summed E-state index contributed by atoms with van der Waals surface area (Å²) in [5.74, 6) is 0.00455. The topological polar surface area (TPSA) is 46.4 Å². The molecule has 4 rings (SSSR count). The number of carbonyl (C=O) groups is 1. The number of imidazole rings is 1. The van der Waals surface area contributed by atoms with Crippen molar-refractivity contribution in [2.75, 3.05) is 5.32 Å². The fraction of sp³-hybridized carbons (Fsp3) is 0.300. The van der Waals surface area contributed by atoms with Crippen molar-refractivity contribution < 1.29 is 4.79 Å². The van der Waals surface area contributed by atoms with E-state index >= 15 is 0 Å². The van der Waals surface area contributed by atoms with Crippen LogP contribution in [0.25, 0.3) is 5.65 Å². The Balaban J connectivity index is 1.59. The summed E-state index contributed by atoms with van der Waals surface area (Å²) in [5, 5.41) is 3.68. The van der Waals surface area contributed by atoms with Crippen molar-refractivity contribution in [2.45, 2.75) is 33.1 Å². The average molecular weight is 354 g/mol. The molecular weight excluding hydrogens is 334 g/mol. The highest BCUT2D eigenvalue weighted by Gasteiger charge is 2.28. The van der Waals surface area contributed by atoms with E-state index in [2.05, 4.69) is 28.9 Å². The number of carbonyl (C=O) groups excluding carboxylic acids is 1. The molecule has 0 radical (unpaired) electrons. The first-order valence-electron chi connectivity index (χ1n) is 8.55. The number of aryl methyl sites for hydroxylation is 3. The molecule has 3 aromatic rings.